The van der Waals surface area contributed by atoms with E-state index in [0.717, 1.165) is 5.56 Å². The third kappa shape index (κ3) is 5.72. The lowest BCUT2D eigenvalue weighted by atomic mass is 9.84. The molecular weight excluding hydrogens is 441 g/mol. The summed E-state index contributed by atoms with van der Waals surface area (Å²) in [5.74, 6) is -0.0652. The molecule has 0 saturated carbocycles. The smallest absolute Gasteiger partial charge is 0.238 e. The fraction of sp³-hybridized carbons (Fsp3) is 0.440. The van der Waals surface area contributed by atoms with Gasteiger partial charge in [0.25, 0.3) is 0 Å². The molecule has 2 aromatic rings. The summed E-state index contributed by atoms with van der Waals surface area (Å²) >= 11 is 0. The summed E-state index contributed by atoms with van der Waals surface area (Å²) < 4.78 is 25.4. The number of carbonyl (C=O) groups excluding carboxylic acids is 2. The van der Waals surface area contributed by atoms with Crippen LogP contribution in [0.4, 0.5) is 10.1 Å². The standard InChI is InChI=1S/C25H30FN3O5/c1-29(2)13-24(32)28-17-6-7-21-19(9-17)20-10-18(33-22(14-30)25(20)34-21)11-23(31)27-12-15-4-3-5-16(26)8-15/h3-9,18,20,22,25,30H,10-14H2,1-2H3,(H,27,31)(H,28,32)/t18-,20+,22+,25-/m1/s1. The van der Waals surface area contributed by atoms with Crippen molar-refractivity contribution in [1.29, 1.82) is 0 Å². The highest BCUT2D eigenvalue weighted by Gasteiger charge is 2.46. The van der Waals surface area contributed by atoms with E-state index in [1.807, 2.05) is 26.2 Å². The molecule has 0 radical (unpaired) electrons. The van der Waals surface area contributed by atoms with Gasteiger partial charge >= 0.3 is 0 Å². The van der Waals surface area contributed by atoms with Crippen LogP contribution in [0.3, 0.4) is 0 Å². The van der Waals surface area contributed by atoms with Crippen molar-refractivity contribution in [3.63, 3.8) is 0 Å². The molecular formula is C25H30FN3O5. The Morgan fingerprint density at radius 1 is 1.18 bits per heavy atom. The van der Waals surface area contributed by atoms with Crippen LogP contribution in [-0.4, -0.2) is 67.4 Å². The average Bonchev–Trinajstić information content (AvgIpc) is 3.14. The highest BCUT2D eigenvalue weighted by molar-refractivity contribution is 5.92. The molecule has 0 bridgehead atoms. The van der Waals surface area contributed by atoms with E-state index in [-0.39, 0.29) is 55.8 Å². The molecule has 2 amide bonds. The fourth-order valence-corrected chi connectivity index (χ4v) is 4.58. The van der Waals surface area contributed by atoms with Gasteiger partial charge in [0.15, 0.2) is 0 Å². The largest absolute Gasteiger partial charge is 0.487 e. The van der Waals surface area contributed by atoms with Crippen LogP contribution in [0.25, 0.3) is 0 Å². The maximum atomic E-state index is 13.4. The molecule has 4 rings (SSSR count). The van der Waals surface area contributed by atoms with E-state index < -0.39 is 12.2 Å². The Hall–Kier alpha value is -3.01. The SMILES string of the molecule is CN(C)CC(=O)Nc1ccc2c(c1)[C@@H]1C[C@H](CC(=O)NCc3cccc(F)c3)O[C@@H](CO)[C@@H]1O2. The van der Waals surface area contributed by atoms with Gasteiger partial charge in [-0.3, -0.25) is 9.59 Å². The molecule has 2 aromatic carbocycles. The number of amides is 2. The molecule has 2 aliphatic heterocycles. The van der Waals surface area contributed by atoms with E-state index in [0.29, 0.717) is 23.4 Å². The molecule has 0 unspecified atom stereocenters. The summed E-state index contributed by atoms with van der Waals surface area (Å²) in [5.41, 5.74) is 2.28. The second-order valence-electron chi connectivity index (χ2n) is 9.05. The Morgan fingerprint density at radius 3 is 2.74 bits per heavy atom. The summed E-state index contributed by atoms with van der Waals surface area (Å²) in [7, 11) is 3.65. The lowest BCUT2D eigenvalue weighted by Crippen LogP contribution is -2.47. The van der Waals surface area contributed by atoms with E-state index in [1.165, 1.54) is 12.1 Å². The van der Waals surface area contributed by atoms with Gasteiger partial charge < -0.3 is 30.1 Å². The maximum Gasteiger partial charge on any atom is 0.238 e. The number of aliphatic hydroxyl groups is 1. The number of rotatable bonds is 8. The third-order valence-electron chi connectivity index (χ3n) is 6.03. The minimum absolute atomic E-state index is 0.0763. The Morgan fingerprint density at radius 2 is 2.00 bits per heavy atom. The van der Waals surface area contributed by atoms with Crippen LogP contribution in [-0.2, 0) is 20.9 Å². The van der Waals surface area contributed by atoms with Crippen molar-refractivity contribution in [3.05, 3.63) is 59.4 Å². The van der Waals surface area contributed by atoms with Crippen molar-refractivity contribution in [1.82, 2.24) is 10.2 Å². The van der Waals surface area contributed by atoms with E-state index in [1.54, 1.807) is 23.1 Å². The topological polar surface area (TPSA) is 100 Å². The number of ether oxygens (including phenoxy) is 2. The first kappa shape index (κ1) is 24.1. The number of benzene rings is 2. The van der Waals surface area contributed by atoms with Gasteiger partial charge in [-0.05, 0) is 56.4 Å². The normalized spacial score (nSPS) is 23.1. The maximum absolute atomic E-state index is 13.4. The molecule has 8 nitrogen and oxygen atoms in total. The first-order valence-electron chi connectivity index (χ1n) is 11.3. The summed E-state index contributed by atoms with van der Waals surface area (Å²) in [6.45, 7) is 0.261. The average molecular weight is 472 g/mol. The number of nitrogens with one attached hydrogen (secondary N) is 2. The zero-order valence-corrected chi connectivity index (χ0v) is 19.3. The molecule has 2 aliphatic rings. The van der Waals surface area contributed by atoms with Crippen LogP contribution >= 0.6 is 0 Å². The van der Waals surface area contributed by atoms with Crippen molar-refractivity contribution >= 4 is 17.5 Å². The van der Waals surface area contributed by atoms with Crippen LogP contribution in [0.5, 0.6) is 5.75 Å². The molecule has 0 aromatic heterocycles. The van der Waals surface area contributed by atoms with E-state index in [4.69, 9.17) is 9.47 Å². The number of carbonyl (C=O) groups is 2. The molecule has 3 N–H and O–H groups in total. The van der Waals surface area contributed by atoms with Crippen molar-refractivity contribution in [2.24, 2.45) is 0 Å². The van der Waals surface area contributed by atoms with Gasteiger partial charge in [-0.1, -0.05) is 12.1 Å². The number of hydrogen-bond donors (Lipinski definition) is 3. The minimum atomic E-state index is -0.570. The molecule has 4 atom stereocenters. The van der Waals surface area contributed by atoms with E-state index >= 15 is 0 Å². The van der Waals surface area contributed by atoms with E-state index in [2.05, 4.69) is 10.6 Å². The van der Waals surface area contributed by atoms with Gasteiger partial charge in [0.2, 0.25) is 11.8 Å². The van der Waals surface area contributed by atoms with Gasteiger partial charge in [0, 0.05) is 23.7 Å². The second-order valence-corrected chi connectivity index (χ2v) is 9.05. The number of nitrogens with zero attached hydrogens (tertiary/aromatic N) is 1. The summed E-state index contributed by atoms with van der Waals surface area (Å²) in [6, 6.07) is 11.6. The van der Waals surface area contributed by atoms with Crippen LogP contribution in [0.15, 0.2) is 42.5 Å². The first-order chi connectivity index (χ1) is 16.3. The van der Waals surface area contributed by atoms with Gasteiger partial charge in [0.05, 0.1) is 25.7 Å². The molecule has 2 heterocycles. The lowest BCUT2D eigenvalue weighted by Gasteiger charge is -2.37. The quantitative estimate of drug-likeness (QED) is 0.545. The van der Waals surface area contributed by atoms with Crippen LogP contribution < -0.4 is 15.4 Å². The monoisotopic (exact) mass is 471 g/mol. The Balaban J connectivity index is 1.41. The Bertz CT molecular complexity index is 1050. The second kappa shape index (κ2) is 10.5. The molecule has 9 heteroatoms. The number of aliphatic hydroxyl groups excluding tert-OH is 1. The van der Waals surface area contributed by atoms with Gasteiger partial charge in [-0.15, -0.1) is 0 Å². The minimum Gasteiger partial charge on any atom is -0.487 e. The fourth-order valence-electron chi connectivity index (χ4n) is 4.58. The first-order valence-corrected chi connectivity index (χ1v) is 11.3. The number of hydrogen-bond acceptors (Lipinski definition) is 6. The summed E-state index contributed by atoms with van der Waals surface area (Å²) in [6.07, 6.45) is -0.689. The summed E-state index contributed by atoms with van der Waals surface area (Å²) in [5, 5.41) is 15.6. The highest BCUT2D eigenvalue weighted by atomic mass is 19.1. The molecule has 0 aliphatic carbocycles. The van der Waals surface area contributed by atoms with E-state index in [9.17, 15) is 19.1 Å². The molecule has 182 valence electrons. The van der Waals surface area contributed by atoms with Gasteiger partial charge in [0.1, 0.15) is 23.8 Å². The van der Waals surface area contributed by atoms with Crippen molar-refractivity contribution in [3.8, 4) is 5.75 Å². The Labute approximate surface area is 198 Å². The van der Waals surface area contributed by atoms with Crippen molar-refractivity contribution in [2.75, 3.05) is 32.6 Å². The number of likely N-dealkylation sites (N-methyl/N-ethyl adjacent to an activating group) is 1. The number of fused-ring (bicyclic) bond motifs is 3. The van der Waals surface area contributed by atoms with Crippen LogP contribution in [0, 0.1) is 5.82 Å². The Kier molecular flexibility index (Phi) is 7.45. The summed E-state index contributed by atoms with van der Waals surface area (Å²) in [4.78, 5) is 26.5. The van der Waals surface area contributed by atoms with Gasteiger partial charge in [-0.25, -0.2) is 4.39 Å². The lowest BCUT2D eigenvalue weighted by molar-refractivity contribution is -0.142. The highest BCUT2D eigenvalue weighted by Crippen LogP contribution is 2.47. The van der Waals surface area contributed by atoms with Crippen LogP contribution in [0.2, 0.25) is 0 Å². The van der Waals surface area contributed by atoms with Crippen molar-refractivity contribution < 1.29 is 28.6 Å². The molecule has 34 heavy (non-hydrogen) atoms. The predicted molar refractivity (Wildman–Crippen MR) is 124 cm³/mol. The third-order valence-corrected chi connectivity index (χ3v) is 6.03. The van der Waals surface area contributed by atoms with Crippen molar-refractivity contribution in [2.45, 2.75) is 43.6 Å². The number of anilines is 1. The zero-order chi connectivity index (χ0) is 24.2. The van der Waals surface area contributed by atoms with Crippen LogP contribution in [0.1, 0.15) is 29.9 Å². The molecule has 1 fully saturated rings. The number of halogens is 1. The zero-order valence-electron chi connectivity index (χ0n) is 19.3. The predicted octanol–water partition coefficient (Wildman–Crippen LogP) is 2.03. The van der Waals surface area contributed by atoms with Gasteiger partial charge in [-0.2, -0.15) is 0 Å². The molecule has 1 saturated heterocycles. The molecule has 0 spiro atoms.